The van der Waals surface area contributed by atoms with Gasteiger partial charge in [0.2, 0.25) is 5.39 Å². The van der Waals surface area contributed by atoms with Gasteiger partial charge in [0.05, 0.1) is 6.07 Å². The van der Waals surface area contributed by atoms with Gasteiger partial charge >= 0.3 is 5.69 Å². The zero-order valence-electron chi connectivity index (χ0n) is 9.36. The van der Waals surface area contributed by atoms with E-state index >= 15 is 0 Å². The molecular weight excluding hydrogens is 267 g/mol. The summed E-state index contributed by atoms with van der Waals surface area (Å²) in [5.74, 6) is -0.601. The van der Waals surface area contributed by atoms with Gasteiger partial charge in [0.25, 0.3) is 10.1 Å². The molecule has 0 saturated heterocycles. The minimum atomic E-state index is -4.49. The van der Waals surface area contributed by atoms with Crippen LogP contribution in [0, 0.1) is 5.39 Å². The van der Waals surface area contributed by atoms with Crippen LogP contribution in [-0.4, -0.2) is 42.5 Å². The molecule has 1 radical (unpaired) electrons. The third kappa shape index (κ3) is 2.48. The van der Waals surface area contributed by atoms with Crippen molar-refractivity contribution in [3.05, 3.63) is 35.3 Å². The first-order valence-electron chi connectivity index (χ1n) is 4.50. The SMILES string of the molecule is N#[N+]c1cc(S(=O)(=O)O)c2ccccc2c1[O-].[Na]. The molecule has 0 spiro atoms. The average Bonchev–Trinajstić information content (AvgIpc) is 2.28. The van der Waals surface area contributed by atoms with Gasteiger partial charge in [0.15, 0.2) is 4.98 Å². The Bertz CT molecular complexity index is 752. The van der Waals surface area contributed by atoms with Gasteiger partial charge in [-0.3, -0.25) is 4.55 Å². The van der Waals surface area contributed by atoms with Gasteiger partial charge in [0.1, 0.15) is 4.90 Å². The Labute approximate surface area is 125 Å². The minimum absolute atomic E-state index is 0. The van der Waals surface area contributed by atoms with E-state index in [2.05, 4.69) is 4.98 Å². The van der Waals surface area contributed by atoms with Crippen LogP contribution in [0.4, 0.5) is 5.69 Å². The van der Waals surface area contributed by atoms with Crippen molar-refractivity contribution >= 4 is 56.1 Å². The first-order chi connectivity index (χ1) is 7.95. The van der Waals surface area contributed by atoms with Crippen LogP contribution in [0.3, 0.4) is 0 Å². The normalized spacial score (nSPS) is 10.7. The monoisotopic (exact) mass is 273 g/mol. The Hall–Kier alpha value is -1.17. The van der Waals surface area contributed by atoms with E-state index in [-0.39, 0.29) is 40.3 Å². The second-order valence-corrected chi connectivity index (χ2v) is 4.73. The molecule has 8 heteroatoms. The largest absolute Gasteiger partial charge is 0.867 e. The fourth-order valence-electron chi connectivity index (χ4n) is 1.59. The summed E-state index contributed by atoms with van der Waals surface area (Å²) in [6.07, 6.45) is 0. The molecule has 0 amide bonds. The first kappa shape index (κ1) is 14.9. The fraction of sp³-hybridized carbons (Fsp3) is 0. The van der Waals surface area contributed by atoms with Gasteiger partial charge in [-0.25, -0.2) is 0 Å². The molecule has 0 fully saturated rings. The Morgan fingerprint density at radius 2 is 1.78 bits per heavy atom. The topological polar surface area (TPSA) is 106 Å². The van der Waals surface area contributed by atoms with Crippen LogP contribution in [0.25, 0.3) is 15.7 Å². The summed E-state index contributed by atoms with van der Waals surface area (Å²) in [6.45, 7) is 0. The number of hydrogen-bond acceptors (Lipinski definition) is 4. The van der Waals surface area contributed by atoms with Crippen molar-refractivity contribution in [2.24, 2.45) is 0 Å². The molecule has 1 N–H and O–H groups in total. The van der Waals surface area contributed by atoms with Crippen molar-refractivity contribution in [2.45, 2.75) is 4.90 Å². The second kappa shape index (κ2) is 5.22. The van der Waals surface area contributed by atoms with E-state index in [0.717, 1.165) is 6.07 Å². The molecule has 87 valence electrons. The van der Waals surface area contributed by atoms with E-state index in [1.807, 2.05) is 0 Å². The van der Waals surface area contributed by atoms with Crippen molar-refractivity contribution in [1.29, 1.82) is 5.39 Å². The van der Waals surface area contributed by atoms with E-state index in [4.69, 9.17) is 9.95 Å². The number of diazo groups is 1. The molecule has 2 rings (SSSR count). The van der Waals surface area contributed by atoms with E-state index < -0.39 is 26.5 Å². The Morgan fingerprint density at radius 1 is 1.22 bits per heavy atom. The van der Waals surface area contributed by atoms with E-state index in [9.17, 15) is 13.5 Å². The maximum atomic E-state index is 11.7. The van der Waals surface area contributed by atoms with Crippen LogP contribution in [0.5, 0.6) is 5.75 Å². The molecule has 0 saturated carbocycles. The molecule has 2 aromatic carbocycles. The predicted molar refractivity (Wildman–Crippen MR) is 63.7 cm³/mol. The number of benzene rings is 2. The van der Waals surface area contributed by atoms with Crippen molar-refractivity contribution in [2.75, 3.05) is 0 Å². The van der Waals surface area contributed by atoms with Gasteiger partial charge in [-0.15, -0.1) is 0 Å². The molecule has 2 aromatic rings. The molecule has 0 atom stereocenters. The summed E-state index contributed by atoms with van der Waals surface area (Å²) in [4.78, 5) is 2.25. The van der Waals surface area contributed by atoms with Gasteiger partial charge in [0, 0.05) is 34.9 Å². The summed E-state index contributed by atoms with van der Waals surface area (Å²) in [7, 11) is -4.49. The van der Waals surface area contributed by atoms with Gasteiger partial charge in [-0.05, 0) is 11.1 Å². The van der Waals surface area contributed by atoms with Crippen molar-refractivity contribution in [1.82, 2.24) is 0 Å². The maximum Gasteiger partial charge on any atom is 0.379 e. The van der Waals surface area contributed by atoms with Gasteiger partial charge in [-0.1, -0.05) is 24.3 Å². The van der Waals surface area contributed by atoms with Gasteiger partial charge in [-0.2, -0.15) is 8.42 Å². The average molecular weight is 273 g/mol. The summed E-state index contributed by atoms with van der Waals surface area (Å²) >= 11 is 0. The number of hydrogen-bond donors (Lipinski definition) is 1. The zero-order valence-corrected chi connectivity index (χ0v) is 12.2. The fourth-order valence-corrected chi connectivity index (χ4v) is 2.31. The Morgan fingerprint density at radius 3 is 2.28 bits per heavy atom. The molecule has 0 heterocycles. The second-order valence-electron chi connectivity index (χ2n) is 3.34. The van der Waals surface area contributed by atoms with Crippen LogP contribution < -0.4 is 5.11 Å². The van der Waals surface area contributed by atoms with Crippen LogP contribution in [0.15, 0.2) is 35.2 Å². The Balaban J connectivity index is 0.00000162. The number of rotatable bonds is 1. The van der Waals surface area contributed by atoms with Crippen molar-refractivity contribution in [3.63, 3.8) is 0 Å². The van der Waals surface area contributed by atoms with Crippen LogP contribution in [-0.2, 0) is 10.1 Å². The molecule has 6 nitrogen and oxygen atoms in total. The van der Waals surface area contributed by atoms with Gasteiger partial charge < -0.3 is 5.11 Å². The quantitative estimate of drug-likeness (QED) is 0.478. The molecule has 0 aromatic heterocycles. The summed E-state index contributed by atoms with van der Waals surface area (Å²) in [6, 6.07) is 6.69. The third-order valence-electron chi connectivity index (χ3n) is 2.32. The van der Waals surface area contributed by atoms with Crippen molar-refractivity contribution in [3.8, 4) is 5.75 Å². The first-order valence-corrected chi connectivity index (χ1v) is 5.94. The van der Waals surface area contributed by atoms with Crippen LogP contribution in [0.1, 0.15) is 0 Å². The van der Waals surface area contributed by atoms with E-state index in [1.165, 1.54) is 18.2 Å². The minimum Gasteiger partial charge on any atom is -0.867 e. The maximum absolute atomic E-state index is 11.7. The summed E-state index contributed by atoms with van der Waals surface area (Å²) in [5, 5.41) is 20.5. The van der Waals surface area contributed by atoms with E-state index in [0.29, 0.717) is 0 Å². The zero-order chi connectivity index (χ0) is 12.6. The third-order valence-corrected chi connectivity index (χ3v) is 3.22. The smallest absolute Gasteiger partial charge is 0.379 e. The molecule has 0 aliphatic rings. The molecule has 0 bridgehead atoms. The van der Waals surface area contributed by atoms with Crippen LogP contribution in [0.2, 0.25) is 0 Å². The predicted octanol–water partition coefficient (Wildman–Crippen LogP) is 1.26. The molecule has 0 unspecified atom stereocenters. The summed E-state index contributed by atoms with van der Waals surface area (Å²) in [5.41, 5.74) is -0.434. The van der Waals surface area contributed by atoms with Crippen molar-refractivity contribution < 1.29 is 18.1 Å². The number of nitrogens with zero attached hydrogens (tertiary/aromatic N) is 2. The standard InChI is InChI=1S/C10H6N2O4S.Na/c11-12-8-5-9(17(14,15)16)6-3-1-2-4-7(6)10(8)13;/h1-5H,(H-,13,14,15,16);. The van der Waals surface area contributed by atoms with Crippen LogP contribution >= 0.6 is 0 Å². The molecule has 0 aliphatic carbocycles. The molecule has 18 heavy (non-hydrogen) atoms. The van der Waals surface area contributed by atoms with E-state index in [1.54, 1.807) is 6.07 Å². The number of fused-ring (bicyclic) bond motifs is 1. The Kier molecular flexibility index (Phi) is 4.32. The molecular formula is C10H6N2NaO4S. The summed E-state index contributed by atoms with van der Waals surface area (Å²) < 4.78 is 31.4. The molecule has 0 aliphatic heterocycles.